The van der Waals surface area contributed by atoms with Crippen LogP contribution in [0.5, 0.6) is 28.7 Å². The normalized spacial score (nSPS) is 25.3. The van der Waals surface area contributed by atoms with E-state index in [1.807, 2.05) is 0 Å². The highest BCUT2D eigenvalue weighted by molar-refractivity contribution is 5.88. The molecule has 0 radical (unpaired) electrons. The number of phenolic OH excluding ortho intramolecular Hbond substituents is 4. The van der Waals surface area contributed by atoms with Crippen LogP contribution in [0.2, 0.25) is 0 Å². The van der Waals surface area contributed by atoms with E-state index < -0.39 is 71.5 Å². The van der Waals surface area contributed by atoms with Gasteiger partial charge in [-0.1, -0.05) is 0 Å². The first-order valence-electron chi connectivity index (χ1n) is 9.64. The van der Waals surface area contributed by atoms with Crippen molar-refractivity contribution in [1.82, 2.24) is 0 Å². The number of aliphatic hydroxyl groups is 4. The van der Waals surface area contributed by atoms with Crippen LogP contribution >= 0.6 is 0 Å². The highest BCUT2D eigenvalue weighted by atomic mass is 16.7. The first kappa shape index (κ1) is 22.6. The van der Waals surface area contributed by atoms with Gasteiger partial charge in [-0.15, -0.1) is 0 Å². The number of ether oxygens (including phenoxy) is 2. The largest absolute Gasteiger partial charge is 0.508 e. The van der Waals surface area contributed by atoms with Crippen LogP contribution in [-0.4, -0.2) is 78.2 Å². The van der Waals surface area contributed by atoms with Crippen LogP contribution in [0.4, 0.5) is 0 Å². The van der Waals surface area contributed by atoms with Gasteiger partial charge >= 0.3 is 0 Å². The summed E-state index contributed by atoms with van der Waals surface area (Å²) in [6, 6.07) is 5.36. The van der Waals surface area contributed by atoms with Gasteiger partial charge in [-0.05, 0) is 18.2 Å². The van der Waals surface area contributed by atoms with Gasteiger partial charge in [0.25, 0.3) is 0 Å². The fourth-order valence-electron chi connectivity index (χ4n) is 3.51. The number of phenols is 4. The van der Waals surface area contributed by atoms with Gasteiger partial charge in [0.2, 0.25) is 17.5 Å². The molecule has 0 aliphatic carbocycles. The highest BCUT2D eigenvalue weighted by Gasteiger charge is 2.45. The molecule has 2 aromatic carbocycles. The van der Waals surface area contributed by atoms with Gasteiger partial charge in [-0.3, -0.25) is 4.79 Å². The Morgan fingerprint density at radius 1 is 0.879 bits per heavy atom. The van der Waals surface area contributed by atoms with E-state index in [1.165, 1.54) is 6.07 Å². The van der Waals surface area contributed by atoms with Crippen LogP contribution in [-0.2, 0) is 4.74 Å². The van der Waals surface area contributed by atoms with Crippen LogP contribution < -0.4 is 10.2 Å². The van der Waals surface area contributed by atoms with Crippen molar-refractivity contribution < 1.29 is 54.7 Å². The minimum absolute atomic E-state index is 0.0201. The fraction of sp³-hybridized carbons (Fsp3) is 0.286. The highest BCUT2D eigenvalue weighted by Crippen LogP contribution is 2.39. The Kier molecular flexibility index (Phi) is 5.78. The summed E-state index contributed by atoms with van der Waals surface area (Å²) < 4.78 is 16.5. The smallest absolute Gasteiger partial charge is 0.239 e. The van der Waals surface area contributed by atoms with E-state index in [0.717, 1.165) is 24.3 Å². The second kappa shape index (κ2) is 8.42. The molecule has 12 heteroatoms. The molecule has 0 spiro atoms. The molecule has 176 valence electrons. The SMILES string of the molecule is O=c1c(O[C@@H]2O[C@@H](CO)[C@@H](O)[C@@H](O)[C@H]2O)c(-c2ccc(O)c(O)c2)oc2cc(O)cc(O)c12. The third kappa shape index (κ3) is 3.90. The molecule has 4 rings (SSSR count). The molecule has 0 unspecified atom stereocenters. The predicted molar refractivity (Wildman–Crippen MR) is 109 cm³/mol. The van der Waals surface area contributed by atoms with Crippen molar-refractivity contribution in [2.75, 3.05) is 6.61 Å². The van der Waals surface area contributed by atoms with Crippen LogP contribution in [0.15, 0.2) is 39.5 Å². The van der Waals surface area contributed by atoms with E-state index >= 15 is 0 Å². The molecule has 1 fully saturated rings. The lowest BCUT2D eigenvalue weighted by Gasteiger charge is -2.39. The van der Waals surface area contributed by atoms with E-state index in [1.54, 1.807) is 0 Å². The number of aromatic hydroxyl groups is 4. The van der Waals surface area contributed by atoms with Gasteiger partial charge in [0.1, 0.15) is 46.9 Å². The first-order chi connectivity index (χ1) is 15.6. The number of hydrogen-bond donors (Lipinski definition) is 8. The first-order valence-corrected chi connectivity index (χ1v) is 9.64. The fourth-order valence-corrected chi connectivity index (χ4v) is 3.51. The van der Waals surface area contributed by atoms with Gasteiger partial charge in [0.15, 0.2) is 17.3 Å². The molecule has 0 bridgehead atoms. The summed E-state index contributed by atoms with van der Waals surface area (Å²) in [4.78, 5) is 13.2. The van der Waals surface area contributed by atoms with Crippen molar-refractivity contribution >= 4 is 11.0 Å². The maximum absolute atomic E-state index is 13.2. The van der Waals surface area contributed by atoms with Gasteiger partial charge < -0.3 is 54.7 Å². The van der Waals surface area contributed by atoms with Crippen molar-refractivity contribution in [3.05, 3.63) is 40.6 Å². The van der Waals surface area contributed by atoms with Crippen molar-refractivity contribution in [1.29, 1.82) is 0 Å². The molecule has 3 aromatic rings. The maximum atomic E-state index is 13.2. The lowest BCUT2D eigenvalue weighted by Crippen LogP contribution is -2.60. The summed E-state index contributed by atoms with van der Waals surface area (Å²) in [6.07, 6.45) is -8.40. The Morgan fingerprint density at radius 3 is 2.27 bits per heavy atom. The number of fused-ring (bicyclic) bond motifs is 1. The number of benzene rings is 2. The van der Waals surface area contributed by atoms with E-state index in [4.69, 9.17) is 13.9 Å². The topological polar surface area (TPSA) is 211 Å². The van der Waals surface area contributed by atoms with Crippen LogP contribution in [0.25, 0.3) is 22.3 Å². The average Bonchev–Trinajstić information content (AvgIpc) is 2.76. The van der Waals surface area contributed by atoms with E-state index in [-0.39, 0.29) is 22.3 Å². The molecule has 1 saturated heterocycles. The summed E-state index contributed by atoms with van der Waals surface area (Å²) in [7, 11) is 0. The summed E-state index contributed by atoms with van der Waals surface area (Å²) in [5.74, 6) is -3.05. The summed E-state index contributed by atoms with van der Waals surface area (Å²) >= 11 is 0. The van der Waals surface area contributed by atoms with Crippen molar-refractivity contribution in [2.24, 2.45) is 0 Å². The lowest BCUT2D eigenvalue weighted by molar-refractivity contribution is -0.277. The number of hydrogen-bond acceptors (Lipinski definition) is 12. The molecule has 2 heterocycles. The van der Waals surface area contributed by atoms with Gasteiger partial charge in [0, 0.05) is 17.7 Å². The zero-order valence-electron chi connectivity index (χ0n) is 16.7. The molecule has 33 heavy (non-hydrogen) atoms. The maximum Gasteiger partial charge on any atom is 0.239 e. The second-order valence-electron chi connectivity index (χ2n) is 7.45. The Hall–Kier alpha value is -3.55. The molecule has 0 saturated carbocycles. The Morgan fingerprint density at radius 2 is 1.61 bits per heavy atom. The third-order valence-corrected chi connectivity index (χ3v) is 5.24. The van der Waals surface area contributed by atoms with Gasteiger partial charge in [0.05, 0.1) is 6.61 Å². The van der Waals surface area contributed by atoms with E-state index in [0.29, 0.717) is 0 Å². The van der Waals surface area contributed by atoms with E-state index in [2.05, 4.69) is 0 Å². The molecule has 1 aromatic heterocycles. The molecule has 5 atom stereocenters. The van der Waals surface area contributed by atoms with Crippen LogP contribution in [0, 0.1) is 0 Å². The standard InChI is InChI=1S/C21H20O12/c22-6-13-15(27)17(29)18(30)21(32-13)33-20-16(28)14-11(26)4-8(23)5-12(14)31-19(20)7-1-2-9(24)10(25)3-7/h1-5,13,15,17-18,21-27,29-30H,6H2/t13-,15+,17+,18+,21-/m0/s1. The summed E-state index contributed by atoms with van der Waals surface area (Å²) in [6.45, 7) is -0.740. The van der Waals surface area contributed by atoms with E-state index in [9.17, 15) is 45.6 Å². The molecular formula is C21H20O12. The quantitative estimate of drug-likeness (QED) is 0.229. The number of rotatable bonds is 4. The predicted octanol–water partition coefficient (Wildman–Crippen LogP) is -0.539. The van der Waals surface area contributed by atoms with Gasteiger partial charge in [-0.2, -0.15) is 0 Å². The molecule has 0 amide bonds. The third-order valence-electron chi connectivity index (χ3n) is 5.24. The van der Waals surface area contributed by atoms with Crippen molar-refractivity contribution in [3.63, 3.8) is 0 Å². The monoisotopic (exact) mass is 464 g/mol. The Labute approximate surface area is 184 Å². The molecular weight excluding hydrogens is 444 g/mol. The molecule has 1 aliphatic rings. The molecule has 8 N–H and O–H groups in total. The van der Waals surface area contributed by atoms with Crippen molar-refractivity contribution in [2.45, 2.75) is 30.7 Å². The van der Waals surface area contributed by atoms with Crippen molar-refractivity contribution in [3.8, 4) is 40.1 Å². The Balaban J connectivity index is 1.91. The average molecular weight is 464 g/mol. The summed E-state index contributed by atoms with van der Waals surface area (Å²) in [5, 5.41) is 78.7. The molecule has 1 aliphatic heterocycles. The minimum Gasteiger partial charge on any atom is -0.508 e. The summed E-state index contributed by atoms with van der Waals surface area (Å²) in [5.41, 5.74) is -1.19. The molecule has 12 nitrogen and oxygen atoms in total. The van der Waals surface area contributed by atoms with Crippen LogP contribution in [0.1, 0.15) is 0 Å². The van der Waals surface area contributed by atoms with Crippen LogP contribution in [0.3, 0.4) is 0 Å². The minimum atomic E-state index is -1.85. The second-order valence-corrected chi connectivity index (χ2v) is 7.45. The van der Waals surface area contributed by atoms with Gasteiger partial charge in [-0.25, -0.2) is 0 Å². The zero-order valence-corrected chi connectivity index (χ0v) is 16.7. The lowest BCUT2D eigenvalue weighted by atomic mass is 9.99. The number of aliphatic hydroxyl groups excluding tert-OH is 4. The Bertz CT molecular complexity index is 1250. The zero-order chi connectivity index (χ0) is 24.0.